The number of aryl methyl sites for hydroxylation is 1. The summed E-state index contributed by atoms with van der Waals surface area (Å²) in [6.45, 7) is 8.21. The van der Waals surface area contributed by atoms with E-state index in [1.54, 1.807) is 0 Å². The van der Waals surface area contributed by atoms with E-state index >= 15 is 0 Å². The van der Waals surface area contributed by atoms with Crippen molar-refractivity contribution < 1.29 is 0 Å². The number of hydrogen-bond donors (Lipinski definition) is 2. The van der Waals surface area contributed by atoms with Gasteiger partial charge in [-0.25, -0.2) is 0 Å². The molecule has 3 aromatic rings. The highest BCUT2D eigenvalue weighted by Gasteiger charge is 2.12. The lowest BCUT2D eigenvalue weighted by atomic mass is 10.0. The highest BCUT2D eigenvalue weighted by Crippen LogP contribution is 2.30. The van der Waals surface area contributed by atoms with Crippen LogP contribution in [0.2, 0.25) is 0 Å². The number of nitrogens with one attached hydrogen (secondary N) is 2. The second-order valence-corrected chi connectivity index (χ2v) is 6.08. The average Bonchev–Trinajstić information content (AvgIpc) is 2.61. The number of allylic oxidation sites excluding steroid dienone is 1. The number of fused-ring (bicyclic) bond motifs is 2. The third kappa shape index (κ3) is 2.65. The summed E-state index contributed by atoms with van der Waals surface area (Å²) in [5.74, 6) is 0. The quantitative estimate of drug-likeness (QED) is 0.698. The SMILES string of the molecule is C=C1CCc2ccc(NC(=C)c3nccc4ccccc34)cc2N1. The Labute approximate surface area is 141 Å². The van der Waals surface area contributed by atoms with Crippen LogP contribution < -0.4 is 10.6 Å². The van der Waals surface area contributed by atoms with Crippen LogP contribution in [0.15, 0.2) is 73.6 Å². The molecule has 2 aromatic carbocycles. The van der Waals surface area contributed by atoms with Gasteiger partial charge in [-0.3, -0.25) is 4.98 Å². The molecular weight excluding hydrogens is 294 g/mol. The van der Waals surface area contributed by atoms with Crippen LogP contribution in [-0.4, -0.2) is 4.98 Å². The lowest BCUT2D eigenvalue weighted by Crippen LogP contribution is -2.09. The highest BCUT2D eigenvalue weighted by molar-refractivity contribution is 5.94. The normalized spacial score (nSPS) is 13.2. The van der Waals surface area contributed by atoms with E-state index in [1.165, 1.54) is 5.56 Å². The predicted molar refractivity (Wildman–Crippen MR) is 102 cm³/mol. The largest absolute Gasteiger partial charge is 0.359 e. The van der Waals surface area contributed by atoms with Gasteiger partial charge in [-0.2, -0.15) is 0 Å². The Morgan fingerprint density at radius 1 is 1.08 bits per heavy atom. The van der Waals surface area contributed by atoms with Crippen molar-refractivity contribution >= 4 is 27.8 Å². The summed E-state index contributed by atoms with van der Waals surface area (Å²) in [5.41, 5.74) is 6.17. The molecule has 4 rings (SSSR count). The first-order valence-electron chi connectivity index (χ1n) is 8.08. The first kappa shape index (κ1) is 14.5. The molecule has 1 aromatic heterocycles. The van der Waals surface area contributed by atoms with Gasteiger partial charge >= 0.3 is 0 Å². The molecule has 0 saturated carbocycles. The summed E-state index contributed by atoms with van der Waals surface area (Å²) in [4.78, 5) is 4.51. The van der Waals surface area contributed by atoms with E-state index in [1.807, 2.05) is 24.4 Å². The highest BCUT2D eigenvalue weighted by atomic mass is 14.9. The van der Waals surface area contributed by atoms with Crippen molar-refractivity contribution in [3.63, 3.8) is 0 Å². The van der Waals surface area contributed by atoms with Gasteiger partial charge in [0.05, 0.1) is 11.4 Å². The van der Waals surface area contributed by atoms with E-state index in [-0.39, 0.29) is 0 Å². The number of aromatic nitrogens is 1. The van der Waals surface area contributed by atoms with Gasteiger partial charge in [0.1, 0.15) is 0 Å². The standard InChI is InChI=1S/C21H19N3/c1-14-7-8-17-9-10-18(13-20(17)23-14)24-15(2)21-19-6-4-3-5-16(19)11-12-22-21/h3-6,9-13,23-24H,1-2,7-8H2. The molecule has 118 valence electrons. The zero-order valence-electron chi connectivity index (χ0n) is 13.5. The number of pyridine rings is 1. The number of anilines is 2. The van der Waals surface area contributed by atoms with Gasteiger partial charge in [0.2, 0.25) is 0 Å². The molecule has 1 aliphatic heterocycles. The molecule has 3 nitrogen and oxygen atoms in total. The topological polar surface area (TPSA) is 37.0 Å². The Kier molecular flexibility index (Phi) is 3.54. The fourth-order valence-corrected chi connectivity index (χ4v) is 3.12. The zero-order valence-corrected chi connectivity index (χ0v) is 13.5. The number of rotatable bonds is 3. The van der Waals surface area contributed by atoms with Crippen molar-refractivity contribution in [3.05, 3.63) is 84.8 Å². The van der Waals surface area contributed by atoms with E-state index in [9.17, 15) is 0 Å². The zero-order chi connectivity index (χ0) is 16.5. The van der Waals surface area contributed by atoms with E-state index < -0.39 is 0 Å². The van der Waals surface area contributed by atoms with Gasteiger partial charge in [-0.05, 0) is 42.0 Å². The van der Waals surface area contributed by atoms with Gasteiger partial charge < -0.3 is 10.6 Å². The Bertz CT molecular complexity index is 951. The fraction of sp³-hybridized carbons (Fsp3) is 0.0952. The molecule has 0 atom stereocenters. The molecule has 1 aliphatic rings. The molecule has 0 spiro atoms. The van der Waals surface area contributed by atoms with Gasteiger partial charge in [0, 0.05) is 28.7 Å². The molecule has 2 N–H and O–H groups in total. The van der Waals surface area contributed by atoms with Crippen molar-refractivity contribution in [2.75, 3.05) is 10.6 Å². The average molecular weight is 313 g/mol. The van der Waals surface area contributed by atoms with E-state index in [0.717, 1.165) is 52.1 Å². The van der Waals surface area contributed by atoms with Gasteiger partial charge in [-0.1, -0.05) is 43.5 Å². The summed E-state index contributed by atoms with van der Waals surface area (Å²) in [6.07, 6.45) is 3.85. The lowest BCUT2D eigenvalue weighted by molar-refractivity contribution is 0.919. The van der Waals surface area contributed by atoms with Crippen LogP contribution in [0, 0.1) is 0 Å². The van der Waals surface area contributed by atoms with Crippen LogP contribution in [-0.2, 0) is 6.42 Å². The number of hydrogen-bond acceptors (Lipinski definition) is 3. The van der Waals surface area contributed by atoms with Crippen molar-refractivity contribution in [1.82, 2.24) is 4.98 Å². The molecule has 0 amide bonds. The minimum absolute atomic E-state index is 0.793. The lowest BCUT2D eigenvalue weighted by Gasteiger charge is -2.21. The fourth-order valence-electron chi connectivity index (χ4n) is 3.12. The van der Waals surface area contributed by atoms with Crippen molar-refractivity contribution in [2.24, 2.45) is 0 Å². The first-order valence-corrected chi connectivity index (χ1v) is 8.08. The third-order valence-corrected chi connectivity index (χ3v) is 4.37. The van der Waals surface area contributed by atoms with Crippen molar-refractivity contribution in [1.29, 1.82) is 0 Å². The predicted octanol–water partition coefficient (Wildman–Crippen LogP) is 5.19. The van der Waals surface area contributed by atoms with E-state index in [4.69, 9.17) is 0 Å². The maximum Gasteiger partial charge on any atom is 0.0936 e. The summed E-state index contributed by atoms with van der Waals surface area (Å²) in [7, 11) is 0. The summed E-state index contributed by atoms with van der Waals surface area (Å²) >= 11 is 0. The van der Waals surface area contributed by atoms with Crippen molar-refractivity contribution in [3.8, 4) is 0 Å². The molecular formula is C21H19N3. The molecule has 0 saturated heterocycles. The van der Waals surface area contributed by atoms with Crippen molar-refractivity contribution in [2.45, 2.75) is 12.8 Å². The van der Waals surface area contributed by atoms with Crippen LogP contribution in [0.4, 0.5) is 11.4 Å². The second kappa shape index (κ2) is 5.85. The Balaban J connectivity index is 1.64. The molecule has 2 heterocycles. The minimum Gasteiger partial charge on any atom is -0.359 e. The second-order valence-electron chi connectivity index (χ2n) is 6.08. The maximum absolute atomic E-state index is 4.51. The molecule has 0 radical (unpaired) electrons. The molecule has 3 heteroatoms. The molecule has 24 heavy (non-hydrogen) atoms. The molecule has 0 unspecified atom stereocenters. The summed E-state index contributed by atoms with van der Waals surface area (Å²) in [5, 5.41) is 9.01. The molecule has 0 bridgehead atoms. The van der Waals surface area contributed by atoms with Crippen LogP contribution in [0.25, 0.3) is 16.5 Å². The molecule has 0 aliphatic carbocycles. The Morgan fingerprint density at radius 3 is 2.88 bits per heavy atom. The number of benzene rings is 2. The van der Waals surface area contributed by atoms with E-state index in [2.05, 4.69) is 59.1 Å². The van der Waals surface area contributed by atoms with Crippen LogP contribution in [0.5, 0.6) is 0 Å². The Hall–Kier alpha value is -3.07. The van der Waals surface area contributed by atoms with Crippen LogP contribution >= 0.6 is 0 Å². The third-order valence-electron chi connectivity index (χ3n) is 4.37. The van der Waals surface area contributed by atoms with Crippen LogP contribution in [0.1, 0.15) is 17.7 Å². The first-order chi connectivity index (χ1) is 11.7. The Morgan fingerprint density at radius 2 is 1.96 bits per heavy atom. The monoisotopic (exact) mass is 313 g/mol. The van der Waals surface area contributed by atoms with Gasteiger partial charge in [0.15, 0.2) is 0 Å². The minimum atomic E-state index is 0.793. The van der Waals surface area contributed by atoms with Crippen LogP contribution in [0.3, 0.4) is 0 Å². The van der Waals surface area contributed by atoms with Gasteiger partial charge in [-0.15, -0.1) is 0 Å². The van der Waals surface area contributed by atoms with E-state index in [0.29, 0.717) is 0 Å². The molecule has 0 fully saturated rings. The summed E-state index contributed by atoms with van der Waals surface area (Å²) < 4.78 is 0. The number of nitrogens with zero attached hydrogens (tertiary/aromatic N) is 1. The summed E-state index contributed by atoms with van der Waals surface area (Å²) in [6, 6.07) is 16.6. The van der Waals surface area contributed by atoms with Gasteiger partial charge in [0.25, 0.3) is 0 Å². The smallest absolute Gasteiger partial charge is 0.0936 e. The maximum atomic E-state index is 4.51.